The molecule has 2 heterocycles. The van der Waals surface area contributed by atoms with Crippen molar-refractivity contribution in [1.29, 1.82) is 0 Å². The molecule has 27 heteroatoms. The van der Waals surface area contributed by atoms with Crippen LogP contribution in [0.25, 0.3) is 10.9 Å². The van der Waals surface area contributed by atoms with Crippen LogP contribution in [0.15, 0.2) is 70.8 Å². The molecule has 9 amide bonds. The van der Waals surface area contributed by atoms with E-state index in [9.17, 15) is 47.4 Å². The van der Waals surface area contributed by atoms with Gasteiger partial charge in [0.25, 0.3) is 0 Å². The number of nitrogens with one attached hydrogen (secondary N) is 9. The van der Waals surface area contributed by atoms with E-state index in [-0.39, 0.29) is 108 Å². The van der Waals surface area contributed by atoms with Crippen LogP contribution in [-0.2, 0) is 66.8 Å². The molecule has 1 aliphatic rings. The summed E-state index contributed by atoms with van der Waals surface area (Å²) in [7, 11) is -1.49. The van der Waals surface area contributed by atoms with Gasteiger partial charge < -0.3 is 76.2 Å². The van der Waals surface area contributed by atoms with E-state index in [0.29, 0.717) is 11.1 Å². The van der Waals surface area contributed by atoms with Crippen molar-refractivity contribution in [3.05, 3.63) is 71.9 Å². The summed E-state index contributed by atoms with van der Waals surface area (Å²) in [5.41, 5.74) is 29.7. The maximum atomic E-state index is 14.6. The smallest absolute Gasteiger partial charge is 0.243 e. The number of para-hydroxylation sites is 1. The van der Waals surface area contributed by atoms with E-state index in [2.05, 4.69) is 57.5 Å². The monoisotopic (exact) mass is 1080 g/mol. The number of aromatic amines is 1. The van der Waals surface area contributed by atoms with Crippen molar-refractivity contribution in [2.24, 2.45) is 38.7 Å². The van der Waals surface area contributed by atoms with Crippen LogP contribution in [0.1, 0.15) is 75.8 Å². The summed E-state index contributed by atoms with van der Waals surface area (Å²) in [6.45, 7) is 1.32. The van der Waals surface area contributed by atoms with Gasteiger partial charge in [0.2, 0.25) is 53.2 Å². The Bertz CT molecular complexity index is 2590. The predicted molar refractivity (Wildman–Crippen MR) is 285 cm³/mol. The zero-order valence-corrected chi connectivity index (χ0v) is 43.5. The van der Waals surface area contributed by atoms with Crippen molar-refractivity contribution in [2.45, 2.75) is 120 Å². The highest BCUT2D eigenvalue weighted by Crippen LogP contribution is 2.20. The second kappa shape index (κ2) is 30.9. The number of carbonyl (C=O) groups is 9. The van der Waals surface area contributed by atoms with Gasteiger partial charge in [-0.1, -0.05) is 48.5 Å². The van der Waals surface area contributed by atoms with Gasteiger partial charge in [-0.3, -0.25) is 57.3 Å². The summed E-state index contributed by atoms with van der Waals surface area (Å²) in [4.78, 5) is 136. The largest absolute Gasteiger partial charge is 0.370 e. The molecule has 2 aromatic carbocycles. The van der Waals surface area contributed by atoms with Crippen molar-refractivity contribution in [1.82, 2.24) is 47.5 Å². The summed E-state index contributed by atoms with van der Waals surface area (Å²) < 4.78 is 12.5. The molecular formula is C49H72N16O10S. The number of aromatic nitrogens is 1. The maximum absolute atomic E-state index is 14.6. The minimum absolute atomic E-state index is 0.0284. The first-order valence-corrected chi connectivity index (χ1v) is 26.6. The lowest BCUT2D eigenvalue weighted by molar-refractivity contribution is -0.136. The average molecular weight is 1080 g/mol. The molecule has 1 fully saturated rings. The molecule has 76 heavy (non-hydrogen) atoms. The maximum Gasteiger partial charge on any atom is 0.243 e. The normalized spacial score (nSPS) is 21.4. The van der Waals surface area contributed by atoms with E-state index in [4.69, 9.17) is 28.7 Å². The number of carbonyl (C=O) groups excluding carboxylic acids is 9. The number of guanidine groups is 2. The minimum Gasteiger partial charge on any atom is -0.370 e. The summed E-state index contributed by atoms with van der Waals surface area (Å²) in [6.07, 6.45) is 2.33. The lowest BCUT2D eigenvalue weighted by Crippen LogP contribution is -2.60. The van der Waals surface area contributed by atoms with Crippen LogP contribution in [0.3, 0.4) is 0 Å². The first-order chi connectivity index (χ1) is 36.2. The third-order valence-corrected chi connectivity index (χ3v) is 12.9. The van der Waals surface area contributed by atoms with Gasteiger partial charge in [0.1, 0.15) is 42.3 Å². The second-order valence-electron chi connectivity index (χ2n) is 18.3. The molecule has 0 radical (unpaired) electrons. The highest BCUT2D eigenvalue weighted by Gasteiger charge is 2.35. The fourth-order valence-corrected chi connectivity index (χ4v) is 8.79. The van der Waals surface area contributed by atoms with Gasteiger partial charge in [-0.15, -0.1) is 0 Å². The van der Waals surface area contributed by atoms with Gasteiger partial charge in [-0.2, -0.15) is 0 Å². The number of rotatable bonds is 19. The van der Waals surface area contributed by atoms with E-state index in [0.717, 1.165) is 10.9 Å². The summed E-state index contributed by atoms with van der Waals surface area (Å²) in [6, 6.07) is 6.21. The Morgan fingerprint density at radius 1 is 0.711 bits per heavy atom. The second-order valence-corrected chi connectivity index (χ2v) is 19.8. The standard InChI is InChI=1S/C49H72N16O10S/c1-28(66)59-34(16-9-22-56-48(51)52)42(69)62-36-18-19-40(67)55-21-8-15-33(41(50)68)60-47(74)39(26-30-27-58-32-14-7-6-13-31(30)32)65-43(70)35(17-10-23-57-49(53)54)61-46(73)38(25-29-11-4-3-5-12-29)64-45(72)37(63-44(36)71)20-24-76(2)75/h3-7,11-14,27,33-39,58H,8-10,15-26H2,1-2H3,(H2,50,68)(H,55,67)(H,59,66)(H,60,74)(H,61,73)(H,62,69)(H,63,71)(H,64,72)(H,65,70)(H4,51,52,56)(H4,53,54,57)/t33?,34-,35-,36-,37-,38+,39-,76?/m0/s1. The minimum atomic E-state index is -1.51. The Balaban J connectivity index is 1.78. The molecule has 3 aromatic rings. The predicted octanol–water partition coefficient (Wildman–Crippen LogP) is -3.58. The van der Waals surface area contributed by atoms with E-state index in [1.807, 2.05) is 18.2 Å². The number of primary amides is 1. The average Bonchev–Trinajstić information content (AvgIpc) is 3.78. The SMILES string of the molecule is CC(=O)N[C@@H](CCCN=C(N)N)C(=O)N[C@H]1CCC(=O)NCCCC(C(N)=O)NC(=O)[C@H](Cc2c[nH]c3ccccc23)NC(=O)[C@H](CCCN=C(N)N)NC(=O)[C@@H](Cc2ccccc2)NC(=O)[C@H](CCS(C)=O)NC1=O. The number of nitrogens with zero attached hydrogens (tertiary/aromatic N) is 2. The molecule has 26 nitrogen and oxygen atoms in total. The Hall–Kier alpha value is -8.10. The number of hydrogen-bond acceptors (Lipinski definition) is 12. The van der Waals surface area contributed by atoms with Crippen molar-refractivity contribution < 1.29 is 47.4 Å². The van der Waals surface area contributed by atoms with Gasteiger partial charge in [0, 0.05) is 85.7 Å². The van der Waals surface area contributed by atoms with Crippen LogP contribution in [0.5, 0.6) is 0 Å². The van der Waals surface area contributed by atoms with E-state index < -0.39 is 106 Å². The zero-order chi connectivity index (χ0) is 55.7. The molecule has 1 aliphatic heterocycles. The van der Waals surface area contributed by atoms with E-state index in [1.165, 1.54) is 13.2 Å². The van der Waals surface area contributed by atoms with Crippen LogP contribution in [0.4, 0.5) is 0 Å². The quantitative estimate of drug-likeness (QED) is 0.0314. The van der Waals surface area contributed by atoms with Crippen LogP contribution in [0.2, 0.25) is 0 Å². The lowest BCUT2D eigenvalue weighted by atomic mass is 10.0. The number of benzene rings is 2. The number of H-pyrrole nitrogens is 1. The number of hydrogen-bond donors (Lipinski definition) is 14. The fraction of sp³-hybridized carbons (Fsp3) is 0.490. The molecule has 8 atom stereocenters. The lowest BCUT2D eigenvalue weighted by Gasteiger charge is -2.28. The molecule has 19 N–H and O–H groups in total. The van der Waals surface area contributed by atoms with E-state index in [1.54, 1.807) is 42.6 Å². The molecule has 1 aromatic heterocycles. The molecule has 1 saturated heterocycles. The molecule has 0 spiro atoms. The zero-order valence-electron chi connectivity index (χ0n) is 42.7. The Morgan fingerprint density at radius 2 is 1.29 bits per heavy atom. The highest BCUT2D eigenvalue weighted by molar-refractivity contribution is 7.84. The van der Waals surface area contributed by atoms with E-state index >= 15 is 0 Å². The Kier molecular flexibility index (Phi) is 24.6. The van der Waals surface area contributed by atoms with Crippen LogP contribution in [0, 0.1) is 0 Å². The molecule has 2 unspecified atom stereocenters. The van der Waals surface area contributed by atoms with Crippen molar-refractivity contribution >= 4 is 86.8 Å². The van der Waals surface area contributed by atoms with Crippen LogP contribution >= 0.6 is 0 Å². The van der Waals surface area contributed by atoms with Crippen molar-refractivity contribution in [3.63, 3.8) is 0 Å². The summed E-state index contributed by atoms with van der Waals surface area (Å²) >= 11 is 0. The van der Waals surface area contributed by atoms with Gasteiger partial charge >= 0.3 is 0 Å². The molecule has 0 bridgehead atoms. The van der Waals surface area contributed by atoms with Gasteiger partial charge in [-0.05, 0) is 68.6 Å². The summed E-state index contributed by atoms with van der Waals surface area (Å²) in [5.74, 6) is -7.67. The number of amides is 9. The molecule has 4 rings (SSSR count). The molecule has 0 aliphatic carbocycles. The topological polar surface area (TPSA) is 438 Å². The molecular weight excluding hydrogens is 1000 g/mol. The third-order valence-electron chi connectivity index (χ3n) is 12.1. The molecule has 414 valence electrons. The first-order valence-electron chi connectivity index (χ1n) is 24.9. The van der Waals surface area contributed by atoms with Crippen LogP contribution < -0.4 is 71.2 Å². The molecule has 0 saturated carbocycles. The van der Waals surface area contributed by atoms with Gasteiger partial charge in [-0.25, -0.2) is 0 Å². The fourth-order valence-electron chi connectivity index (χ4n) is 8.22. The Morgan fingerprint density at radius 3 is 1.93 bits per heavy atom. The van der Waals surface area contributed by atoms with Gasteiger partial charge in [0.05, 0.1) is 0 Å². The first kappa shape index (κ1) is 60.5. The van der Waals surface area contributed by atoms with Crippen LogP contribution in [-0.4, -0.2) is 148 Å². The van der Waals surface area contributed by atoms with Crippen molar-refractivity contribution in [2.75, 3.05) is 31.6 Å². The number of fused-ring (bicyclic) bond motifs is 1. The number of aliphatic imine (C=N–C) groups is 2. The summed E-state index contributed by atoms with van der Waals surface area (Å²) in [5, 5.41) is 22.0. The third kappa shape index (κ3) is 21.0. The number of nitrogens with two attached hydrogens (primary N) is 5. The van der Waals surface area contributed by atoms with Crippen molar-refractivity contribution in [3.8, 4) is 0 Å². The van der Waals surface area contributed by atoms with Gasteiger partial charge in [0.15, 0.2) is 11.9 Å². The highest BCUT2D eigenvalue weighted by atomic mass is 32.2. The Labute approximate surface area is 442 Å².